The van der Waals surface area contributed by atoms with Crippen LogP contribution in [0.1, 0.15) is 5.56 Å². The van der Waals surface area contributed by atoms with Crippen molar-refractivity contribution in [1.29, 1.82) is 0 Å². The van der Waals surface area contributed by atoms with Crippen LogP contribution in [0.25, 0.3) is 0 Å². The number of nitrogens with one attached hydrogen (secondary N) is 1. The van der Waals surface area contributed by atoms with Crippen LogP contribution in [0.2, 0.25) is 0 Å². The van der Waals surface area contributed by atoms with E-state index in [2.05, 4.69) is 21.7 Å². The fraction of sp³-hybridized carbons (Fsp3) is 0.333. The van der Waals surface area contributed by atoms with Gasteiger partial charge in [-0.15, -0.1) is 0 Å². The van der Waals surface area contributed by atoms with Gasteiger partial charge < -0.3 is 5.32 Å². The van der Waals surface area contributed by atoms with E-state index < -0.39 is 10.6 Å². The Labute approximate surface area is 119 Å². The van der Waals surface area contributed by atoms with Crippen LogP contribution in [0.5, 0.6) is 0 Å². The van der Waals surface area contributed by atoms with Crippen molar-refractivity contribution in [2.24, 2.45) is 0 Å². The zero-order valence-corrected chi connectivity index (χ0v) is 11.5. The SMILES string of the molecule is O=c1ncc([N+](=O)[O-])cn1CCNCCc1ccsc1. The summed E-state index contributed by atoms with van der Waals surface area (Å²) >= 11 is 1.66. The van der Waals surface area contributed by atoms with Gasteiger partial charge in [0, 0.05) is 13.1 Å². The molecule has 0 aliphatic rings. The Morgan fingerprint density at radius 1 is 1.45 bits per heavy atom. The first-order valence-corrected chi connectivity index (χ1v) is 7.04. The number of aromatic nitrogens is 2. The van der Waals surface area contributed by atoms with Gasteiger partial charge in [-0.05, 0) is 35.4 Å². The van der Waals surface area contributed by atoms with Crippen molar-refractivity contribution in [2.75, 3.05) is 13.1 Å². The Bertz CT molecular complexity index is 624. The molecule has 0 amide bonds. The molecule has 7 nitrogen and oxygen atoms in total. The lowest BCUT2D eigenvalue weighted by atomic mass is 10.2. The lowest BCUT2D eigenvalue weighted by molar-refractivity contribution is -0.385. The zero-order valence-electron chi connectivity index (χ0n) is 10.7. The molecule has 2 aromatic heterocycles. The van der Waals surface area contributed by atoms with Crippen molar-refractivity contribution in [2.45, 2.75) is 13.0 Å². The summed E-state index contributed by atoms with van der Waals surface area (Å²) in [6.45, 7) is 1.72. The molecule has 2 rings (SSSR count). The number of rotatable bonds is 7. The largest absolute Gasteiger partial charge is 0.348 e. The molecule has 0 aromatic carbocycles. The van der Waals surface area contributed by atoms with Crippen molar-refractivity contribution in [3.8, 4) is 0 Å². The summed E-state index contributed by atoms with van der Waals surface area (Å²) in [4.78, 5) is 25.0. The second-order valence-corrected chi connectivity index (χ2v) is 4.96. The van der Waals surface area contributed by atoms with Gasteiger partial charge >= 0.3 is 11.4 Å². The average molecular weight is 294 g/mol. The molecule has 0 fully saturated rings. The Balaban J connectivity index is 1.80. The van der Waals surface area contributed by atoms with Crippen LogP contribution in [0.15, 0.2) is 34.0 Å². The monoisotopic (exact) mass is 294 g/mol. The average Bonchev–Trinajstić information content (AvgIpc) is 2.93. The summed E-state index contributed by atoms with van der Waals surface area (Å²) in [5, 5.41) is 17.9. The first kappa shape index (κ1) is 14.4. The number of hydrogen-bond donors (Lipinski definition) is 1. The maximum Gasteiger partial charge on any atom is 0.348 e. The fourth-order valence-electron chi connectivity index (χ4n) is 1.69. The van der Waals surface area contributed by atoms with E-state index in [4.69, 9.17) is 0 Å². The quantitative estimate of drug-likeness (QED) is 0.468. The van der Waals surface area contributed by atoms with Gasteiger partial charge in [0.2, 0.25) is 0 Å². The summed E-state index contributed by atoms with van der Waals surface area (Å²) in [5.41, 5.74) is 0.620. The molecule has 0 aliphatic carbocycles. The van der Waals surface area contributed by atoms with E-state index in [-0.39, 0.29) is 5.69 Å². The minimum Gasteiger partial charge on any atom is -0.315 e. The molecule has 0 bridgehead atoms. The van der Waals surface area contributed by atoms with Crippen LogP contribution >= 0.6 is 11.3 Å². The number of nitrogens with zero attached hydrogens (tertiary/aromatic N) is 3. The van der Waals surface area contributed by atoms with Gasteiger partial charge in [-0.3, -0.25) is 14.7 Å². The number of hydrogen-bond acceptors (Lipinski definition) is 6. The molecular formula is C12H14N4O3S. The molecule has 1 N–H and O–H groups in total. The number of thiophene rings is 1. The smallest absolute Gasteiger partial charge is 0.315 e. The van der Waals surface area contributed by atoms with E-state index in [1.54, 1.807) is 11.3 Å². The van der Waals surface area contributed by atoms with Crippen molar-refractivity contribution in [3.05, 3.63) is 55.4 Å². The van der Waals surface area contributed by atoms with Gasteiger partial charge in [-0.2, -0.15) is 16.3 Å². The van der Waals surface area contributed by atoms with Gasteiger partial charge in [0.1, 0.15) is 6.20 Å². The Morgan fingerprint density at radius 3 is 3.00 bits per heavy atom. The highest BCUT2D eigenvalue weighted by molar-refractivity contribution is 7.07. The van der Waals surface area contributed by atoms with Crippen LogP contribution in [-0.2, 0) is 13.0 Å². The predicted molar refractivity (Wildman–Crippen MR) is 76.0 cm³/mol. The van der Waals surface area contributed by atoms with Gasteiger partial charge in [0.15, 0.2) is 0 Å². The van der Waals surface area contributed by atoms with Crippen LogP contribution < -0.4 is 11.0 Å². The first-order chi connectivity index (χ1) is 9.66. The minimum atomic E-state index is -0.563. The number of nitro groups is 1. The lowest BCUT2D eigenvalue weighted by Gasteiger charge is -2.06. The highest BCUT2D eigenvalue weighted by atomic mass is 32.1. The molecule has 2 heterocycles. The maximum atomic E-state index is 11.4. The lowest BCUT2D eigenvalue weighted by Crippen LogP contribution is -2.29. The van der Waals surface area contributed by atoms with Gasteiger partial charge in [-0.1, -0.05) is 0 Å². The summed E-state index contributed by atoms with van der Waals surface area (Å²) in [7, 11) is 0. The summed E-state index contributed by atoms with van der Waals surface area (Å²) < 4.78 is 1.25. The van der Waals surface area contributed by atoms with Gasteiger partial charge in [0.25, 0.3) is 0 Å². The third-order valence-corrected chi connectivity index (χ3v) is 3.48. The second-order valence-electron chi connectivity index (χ2n) is 4.18. The third-order valence-electron chi connectivity index (χ3n) is 2.75. The Kier molecular flexibility index (Phi) is 4.97. The van der Waals surface area contributed by atoms with Gasteiger partial charge in [0.05, 0.1) is 11.1 Å². The van der Waals surface area contributed by atoms with Crippen LogP contribution in [0, 0.1) is 10.1 Å². The molecule has 0 spiro atoms. The molecule has 0 atom stereocenters. The topological polar surface area (TPSA) is 90.1 Å². The van der Waals surface area contributed by atoms with E-state index in [0.29, 0.717) is 13.1 Å². The molecule has 0 unspecified atom stereocenters. The van der Waals surface area contributed by atoms with Crippen molar-refractivity contribution < 1.29 is 4.92 Å². The highest BCUT2D eigenvalue weighted by Gasteiger charge is 2.08. The molecule has 2 aromatic rings. The maximum absolute atomic E-state index is 11.4. The Hall–Kier alpha value is -2.06. The fourth-order valence-corrected chi connectivity index (χ4v) is 2.39. The van der Waals surface area contributed by atoms with E-state index >= 15 is 0 Å². The van der Waals surface area contributed by atoms with Crippen molar-refractivity contribution in [1.82, 2.24) is 14.9 Å². The van der Waals surface area contributed by atoms with Crippen LogP contribution in [-0.4, -0.2) is 27.6 Å². The van der Waals surface area contributed by atoms with E-state index in [0.717, 1.165) is 19.2 Å². The molecule has 20 heavy (non-hydrogen) atoms. The minimum absolute atomic E-state index is 0.178. The normalized spacial score (nSPS) is 10.6. The molecule has 8 heteroatoms. The highest BCUT2D eigenvalue weighted by Crippen LogP contribution is 2.06. The van der Waals surface area contributed by atoms with E-state index in [1.807, 2.05) is 5.38 Å². The molecule has 0 aliphatic heterocycles. The van der Waals surface area contributed by atoms with Crippen molar-refractivity contribution in [3.63, 3.8) is 0 Å². The molecule has 0 saturated heterocycles. The molecular weight excluding hydrogens is 280 g/mol. The van der Waals surface area contributed by atoms with E-state index in [1.165, 1.54) is 16.3 Å². The second kappa shape index (κ2) is 6.92. The zero-order chi connectivity index (χ0) is 14.4. The van der Waals surface area contributed by atoms with Crippen molar-refractivity contribution >= 4 is 17.0 Å². The predicted octanol–water partition coefficient (Wildman–Crippen LogP) is 1.05. The summed E-state index contributed by atoms with van der Waals surface area (Å²) in [6, 6.07) is 2.07. The first-order valence-electron chi connectivity index (χ1n) is 6.09. The Morgan fingerprint density at radius 2 is 2.30 bits per heavy atom. The molecule has 0 radical (unpaired) electrons. The standard InChI is InChI=1S/C12H14N4O3S/c17-12-14-7-11(16(18)19)8-15(12)5-4-13-3-1-10-2-6-20-9-10/h2,6-9,13H,1,3-5H2. The third kappa shape index (κ3) is 3.97. The summed E-state index contributed by atoms with van der Waals surface area (Å²) in [6.07, 6.45) is 3.12. The molecule has 0 saturated carbocycles. The van der Waals surface area contributed by atoms with Crippen LogP contribution in [0.3, 0.4) is 0 Å². The van der Waals surface area contributed by atoms with Gasteiger partial charge in [-0.25, -0.2) is 4.79 Å². The molecule has 106 valence electrons. The summed E-state index contributed by atoms with van der Waals surface area (Å²) in [5.74, 6) is 0. The van der Waals surface area contributed by atoms with Crippen LogP contribution in [0.4, 0.5) is 5.69 Å². The van der Waals surface area contributed by atoms with E-state index in [9.17, 15) is 14.9 Å².